The molecule has 1 amide bonds. The molecule has 0 aromatic rings. The maximum atomic E-state index is 13.4. The van der Waals surface area contributed by atoms with Crippen molar-refractivity contribution < 1.29 is 23.5 Å². The average molecular weight is 410 g/mol. The van der Waals surface area contributed by atoms with Crippen LogP contribution in [0.1, 0.15) is 53.4 Å². The second-order valence-corrected chi connectivity index (χ2v) is 15.3. The van der Waals surface area contributed by atoms with Crippen molar-refractivity contribution in [3.05, 3.63) is 0 Å². The topological polar surface area (TPSA) is 68.4 Å². The summed E-state index contributed by atoms with van der Waals surface area (Å²) in [5, 5.41) is 0.0926. The number of hydrogen-bond acceptors (Lipinski definition) is 5. The Morgan fingerprint density at radius 1 is 1.36 bits per heavy atom. The molecular weight excluding hydrogens is 374 g/mol. The Labute approximate surface area is 169 Å². The molecule has 1 spiro atoms. The van der Waals surface area contributed by atoms with Crippen molar-refractivity contribution >= 4 is 20.2 Å². The molecule has 3 heterocycles. The van der Waals surface area contributed by atoms with Gasteiger partial charge in [0.25, 0.3) is 0 Å². The molecular formula is C21H35NO5Si. The summed E-state index contributed by atoms with van der Waals surface area (Å²) in [6.45, 7) is 14.2. The number of amides is 1. The van der Waals surface area contributed by atoms with Gasteiger partial charge in [-0.3, -0.25) is 9.59 Å². The van der Waals surface area contributed by atoms with Crippen LogP contribution in [0, 0.1) is 11.8 Å². The number of esters is 1. The number of carbonyl (C=O) groups excluding carboxylic acids is 2. The fraction of sp³-hybridized carbons (Fsp3) is 0.905. The molecule has 3 aliphatic heterocycles. The Bertz CT molecular complexity index is 674. The van der Waals surface area contributed by atoms with Gasteiger partial charge in [0.1, 0.15) is 5.60 Å². The van der Waals surface area contributed by atoms with Crippen LogP contribution in [0.3, 0.4) is 0 Å². The first-order chi connectivity index (χ1) is 13.0. The zero-order valence-electron chi connectivity index (χ0n) is 18.1. The summed E-state index contributed by atoms with van der Waals surface area (Å²) in [6.07, 6.45) is 3.03. The molecule has 1 unspecified atom stereocenters. The fourth-order valence-electron chi connectivity index (χ4n) is 5.27. The monoisotopic (exact) mass is 409 g/mol. The molecule has 1 aliphatic carbocycles. The lowest BCUT2D eigenvalue weighted by Crippen LogP contribution is -2.55. The third-order valence-electron chi connectivity index (χ3n) is 7.89. The predicted molar refractivity (Wildman–Crippen MR) is 107 cm³/mol. The van der Waals surface area contributed by atoms with Gasteiger partial charge in [0.15, 0.2) is 8.32 Å². The molecule has 7 heteroatoms. The summed E-state index contributed by atoms with van der Waals surface area (Å²) in [7, 11) is -2.03. The molecule has 0 N–H and O–H groups in total. The minimum absolute atomic E-state index is 0.00118. The fourth-order valence-corrected chi connectivity index (χ4v) is 6.61. The van der Waals surface area contributed by atoms with Gasteiger partial charge in [0, 0.05) is 6.54 Å². The van der Waals surface area contributed by atoms with Gasteiger partial charge in [-0.15, -0.1) is 0 Å². The van der Waals surface area contributed by atoms with E-state index in [1.54, 1.807) is 0 Å². The first-order valence-electron chi connectivity index (χ1n) is 10.8. The van der Waals surface area contributed by atoms with E-state index in [-0.39, 0.29) is 47.0 Å². The van der Waals surface area contributed by atoms with Gasteiger partial charge in [-0.1, -0.05) is 20.8 Å². The smallest absolute Gasteiger partial charge is 0.309 e. The third kappa shape index (κ3) is 2.96. The molecule has 4 fully saturated rings. The molecule has 28 heavy (non-hydrogen) atoms. The average Bonchev–Trinajstić information content (AvgIpc) is 3.14. The van der Waals surface area contributed by atoms with E-state index < -0.39 is 13.9 Å². The lowest BCUT2D eigenvalue weighted by atomic mass is 9.72. The van der Waals surface area contributed by atoms with Crippen molar-refractivity contribution in [3.63, 3.8) is 0 Å². The van der Waals surface area contributed by atoms with Crippen LogP contribution in [0.2, 0.25) is 18.1 Å². The van der Waals surface area contributed by atoms with Crippen LogP contribution in [0.15, 0.2) is 0 Å². The van der Waals surface area contributed by atoms with Crippen molar-refractivity contribution in [3.8, 4) is 0 Å². The van der Waals surface area contributed by atoms with Gasteiger partial charge in [-0.05, 0) is 50.7 Å². The van der Waals surface area contributed by atoms with E-state index in [1.165, 1.54) is 0 Å². The predicted octanol–water partition coefficient (Wildman–Crippen LogP) is 3.11. The number of fused-ring (bicyclic) bond motifs is 2. The molecule has 1 saturated carbocycles. The van der Waals surface area contributed by atoms with Gasteiger partial charge in [-0.2, -0.15) is 0 Å². The van der Waals surface area contributed by atoms with Crippen LogP contribution in [0.4, 0.5) is 0 Å². The third-order valence-corrected chi connectivity index (χ3v) is 12.3. The van der Waals surface area contributed by atoms with E-state index in [0.717, 1.165) is 19.4 Å². The summed E-state index contributed by atoms with van der Waals surface area (Å²) in [4.78, 5) is 28.0. The van der Waals surface area contributed by atoms with Crippen molar-refractivity contribution in [2.45, 2.75) is 95.4 Å². The van der Waals surface area contributed by atoms with Crippen LogP contribution in [0.25, 0.3) is 0 Å². The first kappa shape index (κ1) is 20.4. The molecule has 0 radical (unpaired) electrons. The normalized spacial score (nSPS) is 39.9. The Morgan fingerprint density at radius 3 is 2.71 bits per heavy atom. The van der Waals surface area contributed by atoms with E-state index in [1.807, 2.05) is 11.8 Å². The van der Waals surface area contributed by atoms with Gasteiger partial charge in [0.05, 0.1) is 36.7 Å². The number of hydrogen-bond donors (Lipinski definition) is 0. The van der Waals surface area contributed by atoms with Gasteiger partial charge in [-0.25, -0.2) is 0 Å². The van der Waals surface area contributed by atoms with E-state index in [4.69, 9.17) is 13.9 Å². The van der Waals surface area contributed by atoms with Crippen LogP contribution in [0.5, 0.6) is 0 Å². The highest BCUT2D eigenvalue weighted by molar-refractivity contribution is 6.74. The highest BCUT2D eigenvalue weighted by Crippen LogP contribution is 2.59. The van der Waals surface area contributed by atoms with Gasteiger partial charge in [0.2, 0.25) is 5.91 Å². The molecule has 0 aromatic heterocycles. The maximum Gasteiger partial charge on any atom is 0.309 e. The molecule has 158 valence electrons. The van der Waals surface area contributed by atoms with Crippen LogP contribution >= 0.6 is 0 Å². The van der Waals surface area contributed by atoms with Crippen molar-refractivity contribution in [1.82, 2.24) is 4.90 Å². The standard InChI is InChI=1S/C21H35NO5Si/c1-7-25-19(24)13-11-16-21(26-16)12-14(13)18(23)22-10-8-9-15(22)17(21)27-28(5,6)20(2,3)4/h13-17H,7-12H2,1-6H3/t13-,14+,15-,16?,17-,21-/m1/s1. The Balaban J connectivity index is 1.68. The summed E-state index contributed by atoms with van der Waals surface area (Å²) in [5.74, 6) is -0.868. The van der Waals surface area contributed by atoms with Gasteiger partial charge < -0.3 is 18.8 Å². The van der Waals surface area contributed by atoms with Crippen LogP contribution in [-0.2, 0) is 23.5 Å². The lowest BCUT2D eigenvalue weighted by Gasteiger charge is -2.43. The van der Waals surface area contributed by atoms with E-state index in [2.05, 4.69) is 33.9 Å². The van der Waals surface area contributed by atoms with Crippen molar-refractivity contribution in [2.75, 3.05) is 13.2 Å². The van der Waals surface area contributed by atoms with Crippen LogP contribution in [-0.4, -0.2) is 62.1 Å². The second-order valence-electron chi connectivity index (χ2n) is 10.5. The molecule has 6 atom stereocenters. The lowest BCUT2D eigenvalue weighted by molar-refractivity contribution is -0.156. The molecule has 0 aromatic carbocycles. The summed E-state index contributed by atoms with van der Waals surface area (Å²) < 4.78 is 18.6. The number of nitrogens with zero attached hydrogens (tertiary/aromatic N) is 1. The second kappa shape index (κ2) is 6.54. The van der Waals surface area contributed by atoms with E-state index in [0.29, 0.717) is 19.4 Å². The summed E-state index contributed by atoms with van der Waals surface area (Å²) >= 11 is 0. The van der Waals surface area contributed by atoms with E-state index in [9.17, 15) is 9.59 Å². The summed E-state index contributed by atoms with van der Waals surface area (Å²) in [6, 6.07) is 0.0672. The number of ether oxygens (including phenoxy) is 2. The van der Waals surface area contributed by atoms with E-state index >= 15 is 0 Å². The maximum absolute atomic E-state index is 13.4. The zero-order chi connectivity index (χ0) is 20.5. The molecule has 4 aliphatic rings. The number of carbonyl (C=O) groups is 2. The highest BCUT2D eigenvalue weighted by atomic mass is 28.4. The van der Waals surface area contributed by atoms with Crippen molar-refractivity contribution in [1.29, 1.82) is 0 Å². The van der Waals surface area contributed by atoms with Gasteiger partial charge >= 0.3 is 5.97 Å². The Morgan fingerprint density at radius 2 is 2.07 bits per heavy atom. The SMILES string of the molecule is CCOC(=O)[C@@H]1CC2O[C@]23C[C@@H]1C(=O)N1CCC[C@@H]1[C@H]3O[Si](C)(C)C(C)(C)C. The summed E-state index contributed by atoms with van der Waals surface area (Å²) in [5.41, 5.74) is -0.400. The largest absolute Gasteiger partial charge is 0.466 e. The molecule has 3 saturated heterocycles. The van der Waals surface area contributed by atoms with Crippen molar-refractivity contribution in [2.24, 2.45) is 11.8 Å². The first-order valence-corrected chi connectivity index (χ1v) is 13.8. The Hall–Kier alpha value is -0.923. The minimum Gasteiger partial charge on any atom is -0.466 e. The Kier molecular flexibility index (Phi) is 4.75. The quantitative estimate of drug-likeness (QED) is 0.405. The number of rotatable bonds is 4. The zero-order valence-corrected chi connectivity index (χ0v) is 19.1. The molecule has 2 bridgehead atoms. The highest BCUT2D eigenvalue weighted by Gasteiger charge is 2.72. The molecule has 6 nitrogen and oxygen atoms in total. The minimum atomic E-state index is -2.03. The van der Waals surface area contributed by atoms with Crippen LogP contribution < -0.4 is 0 Å². The number of epoxide rings is 1. The molecule has 4 rings (SSSR count).